The molecule has 0 aromatic heterocycles. The zero-order chi connectivity index (χ0) is 23.8. The van der Waals surface area contributed by atoms with Crippen LogP contribution in [0.1, 0.15) is 15.9 Å². The van der Waals surface area contributed by atoms with Crippen molar-refractivity contribution < 1.29 is 27.5 Å². The van der Waals surface area contributed by atoms with Crippen molar-refractivity contribution in [1.29, 1.82) is 0 Å². The van der Waals surface area contributed by atoms with Crippen molar-refractivity contribution >= 4 is 56.6 Å². The molecule has 0 aliphatic rings. The van der Waals surface area contributed by atoms with E-state index in [1.54, 1.807) is 42.5 Å². The topological polar surface area (TPSA) is 122 Å². The molecule has 3 rings (SSSR count). The fourth-order valence-electron chi connectivity index (χ4n) is 2.58. The summed E-state index contributed by atoms with van der Waals surface area (Å²) < 4.78 is 32.7. The van der Waals surface area contributed by atoms with Gasteiger partial charge in [-0.3, -0.25) is 4.79 Å². The van der Waals surface area contributed by atoms with Gasteiger partial charge in [0, 0.05) is 11.3 Å². The van der Waals surface area contributed by atoms with Crippen LogP contribution in [0, 0.1) is 0 Å². The van der Waals surface area contributed by atoms with Crippen LogP contribution in [0.2, 0.25) is 0 Å². The lowest BCUT2D eigenvalue weighted by Gasteiger charge is -2.14. The smallest absolute Gasteiger partial charge is 0.427 e. The number of imide groups is 1. The van der Waals surface area contributed by atoms with E-state index in [1.807, 2.05) is 10.8 Å². The van der Waals surface area contributed by atoms with Gasteiger partial charge in [0.25, 0.3) is 15.9 Å². The standard InChI is InChI=1S/C22H18IN3O6S/c23-26(22(29)32-15-16-7-3-1-4-8-16)21(28)24-18-11-13-19(14-12-18)33(30,31)25-20(27)17-9-5-2-6-10-17/h1-14H,15H2,(H,24,28)(H,25,27). The maximum absolute atomic E-state index is 12.4. The third kappa shape index (κ3) is 6.76. The highest BCUT2D eigenvalue weighted by molar-refractivity contribution is 14.1. The SMILES string of the molecule is O=C(NS(=O)(=O)c1ccc(NC(=O)N(I)C(=O)OCc2ccccc2)cc1)c1ccccc1. The summed E-state index contributed by atoms with van der Waals surface area (Å²) in [6, 6.07) is 21.3. The molecule has 0 spiro atoms. The average molecular weight is 579 g/mol. The summed E-state index contributed by atoms with van der Waals surface area (Å²) in [5.41, 5.74) is 1.21. The van der Waals surface area contributed by atoms with Crippen LogP contribution in [0.5, 0.6) is 0 Å². The number of benzene rings is 3. The number of sulfonamides is 1. The largest absolute Gasteiger partial charge is 0.444 e. The number of nitrogens with one attached hydrogen (secondary N) is 2. The van der Waals surface area contributed by atoms with Crippen molar-refractivity contribution in [3.63, 3.8) is 0 Å². The van der Waals surface area contributed by atoms with Crippen molar-refractivity contribution in [1.82, 2.24) is 7.84 Å². The van der Waals surface area contributed by atoms with Gasteiger partial charge in [0.1, 0.15) is 6.61 Å². The maximum atomic E-state index is 12.4. The minimum absolute atomic E-state index is 0.00765. The third-order valence-electron chi connectivity index (χ3n) is 4.22. The van der Waals surface area contributed by atoms with E-state index >= 15 is 0 Å². The van der Waals surface area contributed by atoms with Crippen molar-refractivity contribution in [3.05, 3.63) is 96.1 Å². The van der Waals surface area contributed by atoms with Crippen LogP contribution in [-0.2, 0) is 21.4 Å². The molecule has 0 heterocycles. The van der Waals surface area contributed by atoms with Gasteiger partial charge in [-0.05, 0) is 42.0 Å². The second-order valence-electron chi connectivity index (χ2n) is 6.58. The lowest BCUT2D eigenvalue weighted by molar-refractivity contribution is 0.0981. The van der Waals surface area contributed by atoms with Gasteiger partial charge in [-0.1, -0.05) is 48.5 Å². The molecular formula is C22H18IN3O6S. The van der Waals surface area contributed by atoms with Crippen molar-refractivity contribution in [2.75, 3.05) is 5.32 Å². The lowest BCUT2D eigenvalue weighted by Crippen LogP contribution is -2.32. The minimum Gasteiger partial charge on any atom is -0.444 e. The van der Waals surface area contributed by atoms with Gasteiger partial charge < -0.3 is 10.1 Å². The maximum Gasteiger partial charge on any atom is 0.427 e. The van der Waals surface area contributed by atoms with Gasteiger partial charge in [-0.15, -0.1) is 0 Å². The molecule has 3 aromatic carbocycles. The van der Waals surface area contributed by atoms with Gasteiger partial charge in [-0.25, -0.2) is 22.7 Å². The van der Waals surface area contributed by atoms with Crippen molar-refractivity contribution in [3.8, 4) is 0 Å². The summed E-state index contributed by atoms with van der Waals surface area (Å²) in [4.78, 5) is 36.3. The van der Waals surface area contributed by atoms with Gasteiger partial charge in [0.2, 0.25) is 0 Å². The number of amides is 4. The lowest BCUT2D eigenvalue weighted by atomic mass is 10.2. The normalized spacial score (nSPS) is 10.7. The van der Waals surface area contributed by atoms with Crippen molar-refractivity contribution in [2.24, 2.45) is 0 Å². The second-order valence-corrected chi connectivity index (χ2v) is 9.22. The van der Waals surface area contributed by atoms with E-state index in [-0.39, 0.29) is 22.8 Å². The summed E-state index contributed by atoms with van der Waals surface area (Å²) in [7, 11) is -4.11. The monoisotopic (exact) mass is 579 g/mol. The Bertz CT molecular complexity index is 1240. The Morgan fingerprint density at radius 1 is 0.848 bits per heavy atom. The highest BCUT2D eigenvalue weighted by Crippen LogP contribution is 2.16. The summed E-state index contributed by atoms with van der Waals surface area (Å²) in [5.74, 6) is -0.762. The predicted octanol–water partition coefficient (Wildman–Crippen LogP) is 4.33. The number of halogens is 1. The van der Waals surface area contributed by atoms with Gasteiger partial charge in [-0.2, -0.15) is 3.11 Å². The van der Waals surface area contributed by atoms with Gasteiger partial charge in [0.15, 0.2) is 0 Å². The van der Waals surface area contributed by atoms with E-state index in [1.165, 1.54) is 59.3 Å². The summed E-state index contributed by atoms with van der Waals surface area (Å²) in [5, 5.41) is 2.46. The fourth-order valence-corrected chi connectivity index (χ4v) is 3.81. The van der Waals surface area contributed by atoms with Crippen LogP contribution in [0.25, 0.3) is 0 Å². The first-order valence-electron chi connectivity index (χ1n) is 9.46. The van der Waals surface area contributed by atoms with E-state index in [4.69, 9.17) is 4.74 Å². The van der Waals surface area contributed by atoms with Crippen LogP contribution in [0.4, 0.5) is 15.3 Å². The average Bonchev–Trinajstić information content (AvgIpc) is 2.83. The van der Waals surface area contributed by atoms with E-state index in [2.05, 4.69) is 5.32 Å². The first-order valence-corrected chi connectivity index (χ1v) is 11.9. The molecule has 3 aromatic rings. The van der Waals surface area contributed by atoms with E-state index in [0.717, 1.165) is 8.68 Å². The summed E-state index contributed by atoms with van der Waals surface area (Å²) >= 11 is 1.50. The molecule has 0 unspecified atom stereocenters. The third-order valence-corrected chi connectivity index (χ3v) is 6.40. The highest BCUT2D eigenvalue weighted by atomic mass is 127. The first kappa shape index (κ1) is 24.2. The molecule has 0 fully saturated rings. The van der Waals surface area contributed by atoms with E-state index in [9.17, 15) is 22.8 Å². The number of hydrogen-bond acceptors (Lipinski definition) is 6. The Morgan fingerprint density at radius 3 is 2.03 bits per heavy atom. The van der Waals surface area contributed by atoms with Crippen LogP contribution >= 0.6 is 22.9 Å². The molecule has 4 amide bonds. The zero-order valence-corrected chi connectivity index (χ0v) is 19.9. The molecule has 0 aliphatic heterocycles. The Kier molecular flexibility index (Phi) is 8.01. The number of anilines is 1. The van der Waals surface area contributed by atoms with E-state index in [0.29, 0.717) is 0 Å². The van der Waals surface area contributed by atoms with Crippen LogP contribution in [-0.4, -0.2) is 29.6 Å². The number of rotatable bonds is 6. The Labute approximate surface area is 204 Å². The Morgan fingerprint density at radius 2 is 1.42 bits per heavy atom. The summed E-state index contributed by atoms with van der Waals surface area (Å²) in [6.45, 7) is 0.00765. The number of urea groups is 1. The first-order chi connectivity index (χ1) is 15.8. The Hall–Kier alpha value is -3.45. The van der Waals surface area contributed by atoms with Crippen molar-refractivity contribution in [2.45, 2.75) is 11.5 Å². The van der Waals surface area contributed by atoms with E-state index < -0.39 is 28.1 Å². The number of carbonyl (C=O) groups excluding carboxylic acids is 3. The highest BCUT2D eigenvalue weighted by Gasteiger charge is 2.22. The number of carbonyl (C=O) groups is 3. The number of hydrogen-bond donors (Lipinski definition) is 2. The molecule has 9 nitrogen and oxygen atoms in total. The molecule has 170 valence electrons. The Balaban J connectivity index is 1.57. The molecule has 33 heavy (non-hydrogen) atoms. The minimum atomic E-state index is -4.11. The summed E-state index contributed by atoms with van der Waals surface area (Å²) in [6.07, 6.45) is -0.861. The van der Waals surface area contributed by atoms with Crippen LogP contribution in [0.15, 0.2) is 89.8 Å². The zero-order valence-electron chi connectivity index (χ0n) is 17.0. The fraction of sp³-hybridized carbons (Fsp3) is 0.0455. The predicted molar refractivity (Wildman–Crippen MR) is 129 cm³/mol. The number of ether oxygens (including phenoxy) is 1. The molecule has 0 saturated carbocycles. The molecule has 2 N–H and O–H groups in total. The van der Waals surface area contributed by atoms with Crippen LogP contribution in [0.3, 0.4) is 0 Å². The molecular weight excluding hydrogens is 561 g/mol. The molecule has 0 aliphatic carbocycles. The van der Waals surface area contributed by atoms with Gasteiger partial charge >= 0.3 is 12.1 Å². The number of nitrogens with zero attached hydrogens (tertiary/aromatic N) is 1. The quantitative estimate of drug-likeness (QED) is 0.332. The second kappa shape index (κ2) is 10.9. The molecule has 0 atom stereocenters. The van der Waals surface area contributed by atoms with Gasteiger partial charge in [0.05, 0.1) is 27.8 Å². The molecule has 0 bridgehead atoms. The van der Waals surface area contributed by atoms with Crippen LogP contribution < -0.4 is 10.0 Å². The molecule has 11 heteroatoms. The molecule has 0 saturated heterocycles. The molecule has 0 radical (unpaired) electrons.